The van der Waals surface area contributed by atoms with Crippen LogP contribution in [-0.4, -0.2) is 23.9 Å². The second-order valence-corrected chi connectivity index (χ2v) is 5.37. The summed E-state index contributed by atoms with van der Waals surface area (Å²) in [6, 6.07) is 10.1. The average Bonchev–Trinajstić information content (AvgIpc) is 2.97. The number of aromatic nitrogens is 5. The maximum atomic E-state index is 6.18. The summed E-state index contributed by atoms with van der Waals surface area (Å²) in [5.41, 5.74) is 3.29. The molecule has 0 saturated heterocycles. The van der Waals surface area contributed by atoms with Crippen LogP contribution < -0.4 is 0 Å². The fourth-order valence-corrected chi connectivity index (χ4v) is 2.94. The van der Waals surface area contributed by atoms with Crippen molar-refractivity contribution in [1.29, 1.82) is 0 Å². The van der Waals surface area contributed by atoms with E-state index in [1.165, 1.54) is 0 Å². The summed E-state index contributed by atoms with van der Waals surface area (Å²) in [6.45, 7) is 0. The van der Waals surface area contributed by atoms with E-state index in [-0.39, 0.29) is 5.28 Å². The van der Waals surface area contributed by atoms with Gasteiger partial charge in [-0.1, -0.05) is 41.9 Å². The number of hydrogen-bond donors (Lipinski definition) is 0. The molecule has 0 atom stereocenters. The lowest BCUT2D eigenvalue weighted by atomic mass is 10.2. The molecule has 4 rings (SSSR count). The molecule has 4 aromatic rings. The molecule has 0 bridgehead atoms. The minimum Gasteiger partial charge on any atom is -0.313 e. The lowest BCUT2D eigenvalue weighted by Crippen LogP contribution is -1.92. The quantitative estimate of drug-likeness (QED) is 0.398. The molecule has 0 saturated carbocycles. The van der Waals surface area contributed by atoms with Gasteiger partial charge in [0.1, 0.15) is 5.52 Å². The van der Waals surface area contributed by atoms with Gasteiger partial charge in [-0.3, -0.25) is 4.40 Å². The third-order valence-electron chi connectivity index (χ3n) is 3.44. The van der Waals surface area contributed by atoms with E-state index in [1.54, 1.807) is 0 Å². The van der Waals surface area contributed by atoms with Gasteiger partial charge in [-0.25, -0.2) is 4.98 Å². The first-order chi connectivity index (χ1) is 10.1. The zero-order valence-electron chi connectivity index (χ0n) is 11.0. The van der Waals surface area contributed by atoms with Gasteiger partial charge in [0.15, 0.2) is 10.8 Å². The fourth-order valence-electron chi connectivity index (χ4n) is 2.48. The maximum absolute atomic E-state index is 6.18. The van der Waals surface area contributed by atoms with Gasteiger partial charge in [-0.15, -0.1) is 0 Å². The monoisotopic (exact) mass is 317 g/mol. The van der Waals surface area contributed by atoms with Crippen LogP contribution in [0.1, 0.15) is 0 Å². The van der Waals surface area contributed by atoms with Crippen molar-refractivity contribution in [3.8, 4) is 11.3 Å². The molecule has 0 aliphatic heterocycles. The van der Waals surface area contributed by atoms with Crippen molar-refractivity contribution in [2.45, 2.75) is 0 Å². The van der Waals surface area contributed by atoms with Gasteiger partial charge in [0, 0.05) is 13.2 Å². The Morgan fingerprint density at radius 1 is 1.00 bits per heavy atom. The Morgan fingerprint density at radius 3 is 2.52 bits per heavy atom. The van der Waals surface area contributed by atoms with Crippen LogP contribution >= 0.6 is 23.2 Å². The number of imidazole rings is 2. The van der Waals surface area contributed by atoms with Gasteiger partial charge >= 0.3 is 0 Å². The Balaban J connectivity index is 2.08. The van der Waals surface area contributed by atoms with Crippen molar-refractivity contribution in [3.05, 3.63) is 47.0 Å². The van der Waals surface area contributed by atoms with Gasteiger partial charge in [-0.2, -0.15) is 9.97 Å². The molecular weight excluding hydrogens is 309 g/mol. The van der Waals surface area contributed by atoms with Crippen LogP contribution in [0, 0.1) is 0 Å². The van der Waals surface area contributed by atoms with Crippen molar-refractivity contribution in [2.75, 3.05) is 0 Å². The summed E-state index contributed by atoms with van der Waals surface area (Å²) >= 11 is 12.0. The number of benzene rings is 1. The molecule has 0 N–H and O–H groups in total. The predicted octanol–water partition coefficient (Wildman–Crippen LogP) is 3.59. The minimum atomic E-state index is 0.0965. The van der Waals surface area contributed by atoms with Gasteiger partial charge in [0.25, 0.3) is 0 Å². The van der Waals surface area contributed by atoms with E-state index in [2.05, 4.69) is 15.0 Å². The fraction of sp³-hybridized carbons (Fsp3) is 0.0714. The molecule has 21 heavy (non-hydrogen) atoms. The molecule has 1 aromatic carbocycles. The molecular formula is C14H9Cl2N5. The van der Waals surface area contributed by atoms with E-state index in [4.69, 9.17) is 23.2 Å². The van der Waals surface area contributed by atoms with Crippen molar-refractivity contribution in [2.24, 2.45) is 7.05 Å². The maximum Gasteiger partial charge on any atom is 0.225 e. The molecule has 0 radical (unpaired) electrons. The molecule has 0 unspecified atom stereocenters. The van der Waals surface area contributed by atoms with E-state index in [1.807, 2.05) is 52.5 Å². The van der Waals surface area contributed by atoms with Crippen molar-refractivity contribution in [3.63, 3.8) is 0 Å². The summed E-state index contributed by atoms with van der Waals surface area (Å²) in [6.07, 6.45) is 1.98. The smallest absolute Gasteiger partial charge is 0.225 e. The molecule has 0 aliphatic rings. The first kappa shape index (κ1) is 12.6. The Kier molecular flexibility index (Phi) is 2.67. The summed E-state index contributed by atoms with van der Waals surface area (Å²) in [4.78, 5) is 12.6. The summed E-state index contributed by atoms with van der Waals surface area (Å²) in [5, 5.41) is 0.391. The van der Waals surface area contributed by atoms with E-state index in [9.17, 15) is 0 Å². The Labute approximate surface area is 129 Å². The van der Waals surface area contributed by atoms with E-state index < -0.39 is 0 Å². The van der Waals surface area contributed by atoms with Gasteiger partial charge in [0.05, 0.1) is 5.69 Å². The first-order valence-corrected chi connectivity index (χ1v) is 7.02. The van der Waals surface area contributed by atoms with Crippen molar-refractivity contribution >= 4 is 40.1 Å². The SMILES string of the molecule is Cn1c(-c2ccccc2)cn2c3c(Cl)nc(Cl)nc3nc12. The predicted molar refractivity (Wildman–Crippen MR) is 82.7 cm³/mol. The van der Waals surface area contributed by atoms with Gasteiger partial charge < -0.3 is 4.57 Å². The van der Waals surface area contributed by atoms with Crippen LogP contribution in [0.15, 0.2) is 36.5 Å². The zero-order chi connectivity index (χ0) is 14.6. The molecule has 0 spiro atoms. The Hall–Kier alpha value is -2.11. The third-order valence-corrected chi connectivity index (χ3v) is 3.87. The van der Waals surface area contributed by atoms with Crippen molar-refractivity contribution in [1.82, 2.24) is 23.9 Å². The first-order valence-electron chi connectivity index (χ1n) is 6.27. The van der Waals surface area contributed by atoms with Crippen molar-refractivity contribution < 1.29 is 0 Å². The second kappa shape index (κ2) is 4.44. The standard InChI is InChI=1S/C14H9Cl2N5/c1-20-9(8-5-3-2-4-6-8)7-21-10-11(15)17-13(16)18-12(10)19-14(20)21/h2-7H,1H3. The topological polar surface area (TPSA) is 48.0 Å². The highest BCUT2D eigenvalue weighted by molar-refractivity contribution is 6.35. The Bertz CT molecular complexity index is 972. The summed E-state index contributed by atoms with van der Waals surface area (Å²) in [7, 11) is 1.95. The number of nitrogens with zero attached hydrogens (tertiary/aromatic N) is 5. The second-order valence-electron chi connectivity index (χ2n) is 4.68. The average molecular weight is 318 g/mol. The zero-order valence-corrected chi connectivity index (χ0v) is 12.5. The molecule has 7 heteroatoms. The van der Waals surface area contributed by atoms with E-state index in [0.29, 0.717) is 16.3 Å². The van der Waals surface area contributed by atoms with Crippen LogP contribution in [0.2, 0.25) is 10.4 Å². The van der Waals surface area contributed by atoms with Gasteiger partial charge in [0.2, 0.25) is 11.1 Å². The number of aryl methyl sites for hydroxylation is 1. The third kappa shape index (κ3) is 1.81. The molecule has 3 heterocycles. The summed E-state index contributed by atoms with van der Waals surface area (Å²) < 4.78 is 3.87. The van der Waals surface area contributed by atoms with Crippen LogP contribution in [-0.2, 0) is 7.05 Å². The highest BCUT2D eigenvalue weighted by Crippen LogP contribution is 2.28. The molecule has 0 aliphatic carbocycles. The molecule has 0 fully saturated rings. The molecule has 0 amide bonds. The lowest BCUT2D eigenvalue weighted by Gasteiger charge is -2.01. The largest absolute Gasteiger partial charge is 0.313 e. The minimum absolute atomic E-state index is 0.0965. The molecule has 104 valence electrons. The normalized spacial score (nSPS) is 11.6. The van der Waals surface area contributed by atoms with E-state index in [0.717, 1.165) is 17.0 Å². The van der Waals surface area contributed by atoms with Crippen LogP contribution in [0.4, 0.5) is 0 Å². The number of rotatable bonds is 1. The highest BCUT2D eigenvalue weighted by atomic mass is 35.5. The number of hydrogen-bond acceptors (Lipinski definition) is 3. The summed E-state index contributed by atoms with van der Waals surface area (Å²) in [5.74, 6) is 0.738. The number of halogens is 2. The van der Waals surface area contributed by atoms with Gasteiger partial charge in [-0.05, 0) is 17.2 Å². The highest BCUT2D eigenvalue weighted by Gasteiger charge is 2.17. The van der Waals surface area contributed by atoms with E-state index >= 15 is 0 Å². The molecule has 5 nitrogen and oxygen atoms in total. The Morgan fingerprint density at radius 2 is 1.76 bits per heavy atom. The van der Waals surface area contributed by atoms with Crippen LogP contribution in [0.25, 0.3) is 28.2 Å². The van der Waals surface area contributed by atoms with Crippen LogP contribution in [0.3, 0.4) is 0 Å². The van der Waals surface area contributed by atoms with Crippen LogP contribution in [0.5, 0.6) is 0 Å². The number of fused-ring (bicyclic) bond motifs is 3. The lowest BCUT2D eigenvalue weighted by molar-refractivity contribution is 0.947. The molecule has 3 aromatic heterocycles.